The molecule has 0 radical (unpaired) electrons. The molecule has 2 fully saturated rings. The normalized spacial score (nSPS) is 35.4. The average Bonchev–Trinajstić information content (AvgIpc) is 2.39. The molecule has 2 aliphatic heterocycles. The van der Waals surface area contributed by atoms with Crippen LogP contribution >= 0.6 is 0 Å². The van der Waals surface area contributed by atoms with Crippen LogP contribution in [0.4, 0.5) is 0 Å². The molecule has 0 aromatic carbocycles. The largest absolute Gasteiger partial charge is 0.300 e. The predicted octanol–water partition coefficient (Wildman–Crippen LogP) is -0.0347. The Morgan fingerprint density at radius 2 is 2.25 bits per heavy atom. The van der Waals surface area contributed by atoms with Crippen molar-refractivity contribution >= 4 is 5.78 Å². The molecule has 0 saturated carbocycles. The van der Waals surface area contributed by atoms with Gasteiger partial charge in [-0.25, -0.2) is 0 Å². The number of hydrogen-bond acceptors (Lipinski definition) is 3. The van der Waals surface area contributed by atoms with Gasteiger partial charge in [-0.3, -0.25) is 9.69 Å². The van der Waals surface area contributed by atoms with E-state index in [4.69, 9.17) is 0 Å². The van der Waals surface area contributed by atoms with Gasteiger partial charge in [-0.15, -0.1) is 0 Å². The Balaban J connectivity index is 1.93. The highest BCUT2D eigenvalue weighted by molar-refractivity contribution is 5.77. The van der Waals surface area contributed by atoms with Gasteiger partial charge in [-0.05, 0) is 19.9 Å². The lowest BCUT2D eigenvalue weighted by molar-refractivity contribution is -0.118. The van der Waals surface area contributed by atoms with Crippen LogP contribution < -0.4 is 0 Å². The SMILES string of the molecule is CC(=O)CN1CCN2CCC1C2. The topological polar surface area (TPSA) is 23.6 Å². The van der Waals surface area contributed by atoms with Gasteiger partial charge < -0.3 is 4.90 Å². The molecule has 2 rings (SSSR count). The van der Waals surface area contributed by atoms with E-state index >= 15 is 0 Å². The molecule has 3 nitrogen and oxygen atoms in total. The molecule has 0 aromatic rings. The minimum Gasteiger partial charge on any atom is -0.300 e. The molecule has 3 heteroatoms. The third-order valence-electron chi connectivity index (χ3n) is 2.89. The van der Waals surface area contributed by atoms with Crippen molar-refractivity contribution in [3.05, 3.63) is 0 Å². The van der Waals surface area contributed by atoms with Crippen LogP contribution in [0.5, 0.6) is 0 Å². The Morgan fingerprint density at radius 1 is 1.42 bits per heavy atom. The number of carbonyl (C=O) groups is 1. The fourth-order valence-corrected chi connectivity index (χ4v) is 2.26. The standard InChI is InChI=1S/C9H16N2O/c1-8(12)6-11-5-4-10-3-2-9(11)7-10/h9H,2-7H2,1H3. The molecule has 0 N–H and O–H groups in total. The van der Waals surface area contributed by atoms with Crippen LogP contribution in [0.3, 0.4) is 0 Å². The molecular formula is C9H16N2O. The molecule has 0 aromatic heterocycles. The van der Waals surface area contributed by atoms with E-state index in [0.717, 1.165) is 13.1 Å². The van der Waals surface area contributed by atoms with Gasteiger partial charge in [0.25, 0.3) is 0 Å². The van der Waals surface area contributed by atoms with Crippen LogP contribution in [0, 0.1) is 0 Å². The van der Waals surface area contributed by atoms with Crippen LogP contribution in [0.1, 0.15) is 13.3 Å². The van der Waals surface area contributed by atoms with Crippen molar-refractivity contribution in [3.63, 3.8) is 0 Å². The summed E-state index contributed by atoms with van der Waals surface area (Å²) in [6, 6.07) is 0.669. The summed E-state index contributed by atoms with van der Waals surface area (Å²) in [5, 5.41) is 0. The van der Waals surface area contributed by atoms with Gasteiger partial charge >= 0.3 is 0 Å². The smallest absolute Gasteiger partial charge is 0.143 e. The van der Waals surface area contributed by atoms with Crippen molar-refractivity contribution in [1.29, 1.82) is 0 Å². The Kier molecular flexibility index (Phi) is 2.15. The maximum atomic E-state index is 10.9. The molecule has 2 atom stereocenters. The highest BCUT2D eigenvalue weighted by atomic mass is 16.1. The van der Waals surface area contributed by atoms with Crippen molar-refractivity contribution in [1.82, 2.24) is 9.80 Å². The minimum absolute atomic E-state index is 0.301. The molecule has 0 amide bonds. The van der Waals surface area contributed by atoms with E-state index in [1.54, 1.807) is 6.92 Å². The van der Waals surface area contributed by atoms with E-state index in [9.17, 15) is 4.79 Å². The van der Waals surface area contributed by atoms with Crippen LogP contribution in [-0.2, 0) is 4.79 Å². The molecular weight excluding hydrogens is 152 g/mol. The molecule has 0 aliphatic carbocycles. The molecule has 2 heterocycles. The summed E-state index contributed by atoms with van der Waals surface area (Å²) in [6.45, 7) is 7.01. The molecule has 68 valence electrons. The number of ketones is 1. The molecule has 12 heavy (non-hydrogen) atoms. The van der Waals surface area contributed by atoms with Crippen LogP contribution in [0.15, 0.2) is 0 Å². The third kappa shape index (κ3) is 1.52. The van der Waals surface area contributed by atoms with Crippen molar-refractivity contribution in [2.45, 2.75) is 19.4 Å². The average molecular weight is 168 g/mol. The summed E-state index contributed by atoms with van der Waals surface area (Å²) >= 11 is 0. The van der Waals surface area contributed by atoms with Gasteiger partial charge in [-0.1, -0.05) is 0 Å². The summed E-state index contributed by atoms with van der Waals surface area (Å²) in [5.41, 5.74) is 0. The van der Waals surface area contributed by atoms with E-state index in [0.29, 0.717) is 18.4 Å². The first-order valence-electron chi connectivity index (χ1n) is 4.71. The number of fused-ring (bicyclic) bond motifs is 2. The monoisotopic (exact) mass is 168 g/mol. The zero-order valence-corrected chi connectivity index (χ0v) is 7.62. The second-order valence-corrected chi connectivity index (χ2v) is 3.92. The molecule has 2 saturated heterocycles. The van der Waals surface area contributed by atoms with Gasteiger partial charge in [0, 0.05) is 25.7 Å². The Bertz CT molecular complexity index is 193. The second-order valence-electron chi connectivity index (χ2n) is 3.92. The van der Waals surface area contributed by atoms with Gasteiger partial charge in [0.15, 0.2) is 0 Å². The fourth-order valence-electron chi connectivity index (χ4n) is 2.26. The number of hydrogen-bond donors (Lipinski definition) is 0. The summed E-state index contributed by atoms with van der Waals surface area (Å²) in [7, 11) is 0. The number of carbonyl (C=O) groups excluding carboxylic acids is 1. The van der Waals surface area contributed by atoms with Gasteiger partial charge in [-0.2, -0.15) is 0 Å². The van der Waals surface area contributed by atoms with E-state index in [2.05, 4.69) is 9.80 Å². The quantitative estimate of drug-likeness (QED) is 0.578. The fraction of sp³-hybridized carbons (Fsp3) is 0.889. The van der Waals surface area contributed by atoms with Crippen LogP contribution in [-0.4, -0.2) is 54.3 Å². The van der Waals surface area contributed by atoms with Crippen LogP contribution in [0.2, 0.25) is 0 Å². The van der Waals surface area contributed by atoms with E-state index in [-0.39, 0.29) is 0 Å². The lowest BCUT2D eigenvalue weighted by Gasteiger charge is -2.33. The second kappa shape index (κ2) is 3.15. The van der Waals surface area contributed by atoms with Crippen molar-refractivity contribution < 1.29 is 4.79 Å². The number of nitrogens with zero attached hydrogens (tertiary/aromatic N) is 2. The first-order valence-corrected chi connectivity index (χ1v) is 4.71. The van der Waals surface area contributed by atoms with Crippen molar-refractivity contribution in [3.8, 4) is 0 Å². The van der Waals surface area contributed by atoms with E-state index < -0.39 is 0 Å². The summed E-state index contributed by atoms with van der Waals surface area (Å²) < 4.78 is 0. The Hall–Kier alpha value is -0.410. The zero-order chi connectivity index (χ0) is 8.55. The highest BCUT2D eigenvalue weighted by Gasteiger charge is 2.32. The third-order valence-corrected chi connectivity index (χ3v) is 2.89. The van der Waals surface area contributed by atoms with E-state index in [1.807, 2.05) is 0 Å². The molecule has 2 unspecified atom stereocenters. The Morgan fingerprint density at radius 3 is 3.00 bits per heavy atom. The summed E-state index contributed by atoms with van der Waals surface area (Å²) in [4.78, 5) is 15.8. The predicted molar refractivity (Wildman–Crippen MR) is 47.1 cm³/mol. The lowest BCUT2D eigenvalue weighted by atomic mass is 10.2. The van der Waals surface area contributed by atoms with Crippen molar-refractivity contribution in [2.75, 3.05) is 32.7 Å². The minimum atomic E-state index is 0.301. The van der Waals surface area contributed by atoms with Crippen LogP contribution in [0.25, 0.3) is 0 Å². The lowest BCUT2D eigenvalue weighted by Crippen LogP contribution is -2.48. The van der Waals surface area contributed by atoms with Gasteiger partial charge in [0.05, 0.1) is 6.54 Å². The maximum Gasteiger partial charge on any atom is 0.143 e. The highest BCUT2D eigenvalue weighted by Crippen LogP contribution is 2.19. The number of Topliss-reactive ketones (excluding diaryl/α,β-unsaturated/α-hetero) is 1. The van der Waals surface area contributed by atoms with Crippen molar-refractivity contribution in [2.24, 2.45) is 0 Å². The van der Waals surface area contributed by atoms with Gasteiger partial charge in [0.2, 0.25) is 0 Å². The summed E-state index contributed by atoms with van der Waals surface area (Å²) in [5.74, 6) is 0.301. The zero-order valence-electron chi connectivity index (χ0n) is 7.62. The van der Waals surface area contributed by atoms with E-state index in [1.165, 1.54) is 19.5 Å². The number of rotatable bonds is 2. The molecule has 2 bridgehead atoms. The number of piperazine rings is 1. The Labute approximate surface area is 73.3 Å². The molecule has 2 aliphatic rings. The summed E-state index contributed by atoms with van der Waals surface area (Å²) in [6.07, 6.45) is 1.26. The first-order chi connectivity index (χ1) is 5.75. The maximum absolute atomic E-state index is 10.9. The molecule has 0 spiro atoms. The van der Waals surface area contributed by atoms with Gasteiger partial charge in [0.1, 0.15) is 5.78 Å². The first kappa shape index (κ1) is 8.20.